The first kappa shape index (κ1) is 14.3. The van der Waals surface area contributed by atoms with Gasteiger partial charge in [0, 0.05) is 11.8 Å². The van der Waals surface area contributed by atoms with Crippen LogP contribution in [0.4, 0.5) is 17.1 Å². The highest BCUT2D eigenvalue weighted by atomic mass is 16.5. The van der Waals surface area contributed by atoms with Crippen molar-refractivity contribution in [1.29, 1.82) is 0 Å². The first-order chi connectivity index (χ1) is 9.60. The van der Waals surface area contributed by atoms with Gasteiger partial charge in [-0.25, -0.2) is 0 Å². The van der Waals surface area contributed by atoms with Crippen LogP contribution in [0.5, 0.6) is 5.75 Å². The number of ether oxygens (including phenoxy) is 1. The molecule has 2 rings (SSSR count). The zero-order valence-corrected chi connectivity index (χ0v) is 12.3. The van der Waals surface area contributed by atoms with Crippen molar-refractivity contribution >= 4 is 17.1 Å². The molecule has 3 heteroatoms. The average Bonchev–Trinajstić information content (AvgIpc) is 2.43. The summed E-state index contributed by atoms with van der Waals surface area (Å²) in [7, 11) is 0. The van der Waals surface area contributed by atoms with Gasteiger partial charge in [0.15, 0.2) is 0 Å². The normalized spacial score (nSPS) is 11.9. The lowest BCUT2D eigenvalue weighted by atomic mass is 10.1. The van der Waals surface area contributed by atoms with E-state index in [1.54, 1.807) is 0 Å². The lowest BCUT2D eigenvalue weighted by Gasteiger charge is -2.15. The van der Waals surface area contributed by atoms with Crippen molar-refractivity contribution in [3.05, 3.63) is 48.0 Å². The van der Waals surface area contributed by atoms with Crippen LogP contribution in [0.3, 0.4) is 0 Å². The lowest BCUT2D eigenvalue weighted by molar-refractivity contribution is 0.217. The summed E-state index contributed by atoms with van der Waals surface area (Å²) in [6.07, 6.45) is 1.20. The molecule has 1 atom stereocenters. The number of aryl methyl sites for hydroxylation is 1. The maximum Gasteiger partial charge on any atom is 0.121 e. The third-order valence-corrected chi connectivity index (χ3v) is 3.32. The second-order valence-corrected chi connectivity index (χ2v) is 5.03. The third kappa shape index (κ3) is 3.44. The number of para-hydroxylation sites is 1. The van der Waals surface area contributed by atoms with Gasteiger partial charge in [-0.3, -0.25) is 0 Å². The molecule has 3 nitrogen and oxygen atoms in total. The highest BCUT2D eigenvalue weighted by Gasteiger charge is 2.05. The fourth-order valence-electron chi connectivity index (χ4n) is 1.97. The molecule has 1 unspecified atom stereocenters. The van der Waals surface area contributed by atoms with E-state index in [0.717, 1.165) is 34.8 Å². The summed E-state index contributed by atoms with van der Waals surface area (Å²) in [5.74, 6) is 0.872. The molecule has 2 aromatic carbocycles. The summed E-state index contributed by atoms with van der Waals surface area (Å²) in [6, 6.07) is 13.9. The van der Waals surface area contributed by atoms with E-state index in [4.69, 9.17) is 10.5 Å². The van der Waals surface area contributed by atoms with Crippen molar-refractivity contribution in [2.24, 2.45) is 0 Å². The fraction of sp³-hybridized carbons (Fsp3) is 0.294. The van der Waals surface area contributed by atoms with Gasteiger partial charge < -0.3 is 15.8 Å². The summed E-state index contributed by atoms with van der Waals surface area (Å²) in [6.45, 7) is 6.22. The lowest BCUT2D eigenvalue weighted by Crippen LogP contribution is -2.09. The zero-order valence-electron chi connectivity index (χ0n) is 12.3. The molecule has 0 saturated carbocycles. The maximum absolute atomic E-state index is 6.02. The number of nitrogens with two attached hydrogens (primary N) is 1. The first-order valence-electron chi connectivity index (χ1n) is 6.99. The number of rotatable bonds is 5. The number of anilines is 3. The second-order valence-electron chi connectivity index (χ2n) is 5.03. The molecule has 20 heavy (non-hydrogen) atoms. The van der Waals surface area contributed by atoms with Gasteiger partial charge in [0.2, 0.25) is 0 Å². The summed E-state index contributed by atoms with van der Waals surface area (Å²) in [5, 5.41) is 3.37. The minimum Gasteiger partial charge on any atom is -0.491 e. The molecule has 0 aliphatic heterocycles. The van der Waals surface area contributed by atoms with Crippen LogP contribution in [0.1, 0.15) is 25.8 Å². The smallest absolute Gasteiger partial charge is 0.121 e. The largest absolute Gasteiger partial charge is 0.491 e. The number of nitrogens with one attached hydrogen (secondary N) is 1. The minimum atomic E-state index is 0.216. The van der Waals surface area contributed by atoms with E-state index < -0.39 is 0 Å². The SMILES string of the molecule is CCC(C)Oc1cccc(Nc2c(C)cccc2N)c1. The summed E-state index contributed by atoms with van der Waals surface area (Å²) in [4.78, 5) is 0. The number of hydrogen-bond donors (Lipinski definition) is 2. The topological polar surface area (TPSA) is 47.3 Å². The molecule has 0 fully saturated rings. The van der Waals surface area contributed by atoms with Crippen molar-refractivity contribution in [2.75, 3.05) is 11.1 Å². The summed E-state index contributed by atoms with van der Waals surface area (Å²) >= 11 is 0. The Hall–Kier alpha value is -2.16. The first-order valence-corrected chi connectivity index (χ1v) is 6.99. The predicted octanol–water partition coefficient (Wildman–Crippen LogP) is 4.50. The number of hydrogen-bond acceptors (Lipinski definition) is 3. The van der Waals surface area contributed by atoms with Crippen LogP contribution in [0.15, 0.2) is 42.5 Å². The number of nitrogen functional groups attached to an aromatic ring is 1. The van der Waals surface area contributed by atoms with Gasteiger partial charge in [-0.1, -0.05) is 25.1 Å². The van der Waals surface area contributed by atoms with Gasteiger partial charge in [-0.2, -0.15) is 0 Å². The fourth-order valence-corrected chi connectivity index (χ4v) is 1.97. The van der Waals surface area contributed by atoms with Crippen molar-refractivity contribution < 1.29 is 4.74 Å². The Morgan fingerprint density at radius 1 is 1.20 bits per heavy atom. The van der Waals surface area contributed by atoms with Gasteiger partial charge in [0.1, 0.15) is 5.75 Å². The highest BCUT2D eigenvalue weighted by Crippen LogP contribution is 2.28. The molecule has 0 radical (unpaired) electrons. The van der Waals surface area contributed by atoms with Gasteiger partial charge >= 0.3 is 0 Å². The molecule has 0 bridgehead atoms. The van der Waals surface area contributed by atoms with Crippen molar-refractivity contribution in [3.8, 4) is 5.75 Å². The van der Waals surface area contributed by atoms with Crippen LogP contribution < -0.4 is 15.8 Å². The Labute approximate surface area is 120 Å². The summed E-state index contributed by atoms with van der Waals surface area (Å²) < 4.78 is 5.83. The molecule has 0 spiro atoms. The Kier molecular flexibility index (Phi) is 4.51. The molecular weight excluding hydrogens is 248 g/mol. The molecule has 3 N–H and O–H groups in total. The van der Waals surface area contributed by atoms with E-state index in [-0.39, 0.29) is 6.10 Å². The van der Waals surface area contributed by atoms with Crippen LogP contribution in [-0.4, -0.2) is 6.10 Å². The Bertz CT molecular complexity index is 561. The van der Waals surface area contributed by atoms with Gasteiger partial charge in [0.05, 0.1) is 17.5 Å². The zero-order chi connectivity index (χ0) is 14.5. The highest BCUT2D eigenvalue weighted by molar-refractivity contribution is 5.75. The predicted molar refractivity (Wildman–Crippen MR) is 85.7 cm³/mol. The molecular formula is C17H22N2O. The second kappa shape index (κ2) is 6.33. The monoisotopic (exact) mass is 270 g/mol. The van der Waals surface area contributed by atoms with Crippen LogP contribution in [0, 0.1) is 6.92 Å². The van der Waals surface area contributed by atoms with Crippen LogP contribution >= 0.6 is 0 Å². The van der Waals surface area contributed by atoms with Gasteiger partial charge in [-0.15, -0.1) is 0 Å². The van der Waals surface area contributed by atoms with Crippen LogP contribution in [-0.2, 0) is 0 Å². The summed E-state index contributed by atoms with van der Waals surface area (Å²) in [5.41, 5.74) is 9.82. The van der Waals surface area contributed by atoms with Gasteiger partial charge in [0.25, 0.3) is 0 Å². The molecule has 106 valence electrons. The van der Waals surface area contributed by atoms with Crippen molar-refractivity contribution in [3.63, 3.8) is 0 Å². The molecule has 0 saturated heterocycles. The number of benzene rings is 2. The van der Waals surface area contributed by atoms with Crippen LogP contribution in [0.25, 0.3) is 0 Å². The molecule has 0 aromatic heterocycles. The van der Waals surface area contributed by atoms with E-state index in [1.165, 1.54) is 0 Å². The third-order valence-electron chi connectivity index (χ3n) is 3.32. The Morgan fingerprint density at radius 2 is 1.95 bits per heavy atom. The van der Waals surface area contributed by atoms with E-state index in [9.17, 15) is 0 Å². The van der Waals surface area contributed by atoms with Crippen LogP contribution in [0.2, 0.25) is 0 Å². The van der Waals surface area contributed by atoms with Crippen molar-refractivity contribution in [2.45, 2.75) is 33.3 Å². The maximum atomic E-state index is 6.02. The average molecular weight is 270 g/mol. The molecule has 0 aliphatic rings. The Balaban J connectivity index is 2.20. The van der Waals surface area contributed by atoms with E-state index in [0.29, 0.717) is 0 Å². The van der Waals surface area contributed by atoms with E-state index in [1.807, 2.05) is 49.4 Å². The Morgan fingerprint density at radius 3 is 2.65 bits per heavy atom. The molecule has 2 aromatic rings. The minimum absolute atomic E-state index is 0.216. The quantitative estimate of drug-likeness (QED) is 0.786. The molecule has 0 heterocycles. The van der Waals surface area contributed by atoms with Crippen molar-refractivity contribution in [1.82, 2.24) is 0 Å². The van der Waals surface area contributed by atoms with E-state index >= 15 is 0 Å². The van der Waals surface area contributed by atoms with Gasteiger partial charge in [-0.05, 0) is 44.0 Å². The molecule has 0 amide bonds. The standard InChI is InChI=1S/C17H22N2O/c1-4-13(3)20-15-9-6-8-14(11-15)19-17-12(2)7-5-10-16(17)18/h5-11,13,19H,4,18H2,1-3H3. The molecule has 0 aliphatic carbocycles. The van der Waals surface area contributed by atoms with E-state index in [2.05, 4.69) is 19.2 Å².